The Balaban J connectivity index is 1.91. The molecule has 0 spiro atoms. The second-order valence-corrected chi connectivity index (χ2v) is 10.6. The standard InChI is InChI=1S/C24H29N3O7S2/c1-5-27-20-11-8-18(23(29)34-4)16-21(20)35-24(27)25-22(28)17-6-9-19(10-7-17)36(30,31)26(12-14-32-2)13-15-33-3/h6-11,16H,5,12-15H2,1-4H3. The summed E-state index contributed by atoms with van der Waals surface area (Å²) in [5.41, 5.74) is 1.51. The number of amides is 1. The maximum atomic E-state index is 13.1. The summed E-state index contributed by atoms with van der Waals surface area (Å²) in [6, 6.07) is 10.9. The molecule has 0 aliphatic heterocycles. The number of esters is 1. The van der Waals surface area contributed by atoms with Crippen molar-refractivity contribution in [1.82, 2.24) is 8.87 Å². The summed E-state index contributed by atoms with van der Waals surface area (Å²) in [6.07, 6.45) is 0. The van der Waals surface area contributed by atoms with Crippen molar-refractivity contribution in [2.24, 2.45) is 4.99 Å². The summed E-state index contributed by atoms with van der Waals surface area (Å²) in [5, 5.41) is 0. The van der Waals surface area contributed by atoms with Crippen molar-refractivity contribution in [2.75, 3.05) is 47.6 Å². The monoisotopic (exact) mass is 535 g/mol. The molecule has 12 heteroatoms. The van der Waals surface area contributed by atoms with Crippen LogP contribution in [-0.4, -0.2) is 76.8 Å². The Kier molecular flexibility index (Phi) is 9.51. The fourth-order valence-corrected chi connectivity index (χ4v) is 6.06. The Labute approximate surface area is 213 Å². The first-order valence-corrected chi connectivity index (χ1v) is 13.4. The lowest BCUT2D eigenvalue weighted by molar-refractivity contribution is 0.0600. The minimum atomic E-state index is -3.80. The van der Waals surface area contributed by atoms with E-state index in [9.17, 15) is 18.0 Å². The molecular weight excluding hydrogens is 506 g/mol. The van der Waals surface area contributed by atoms with Crippen LogP contribution in [0.3, 0.4) is 0 Å². The summed E-state index contributed by atoms with van der Waals surface area (Å²) in [5.74, 6) is -0.947. The highest BCUT2D eigenvalue weighted by atomic mass is 32.2. The Morgan fingerprint density at radius 1 is 0.972 bits per heavy atom. The van der Waals surface area contributed by atoms with Gasteiger partial charge in [-0.25, -0.2) is 13.2 Å². The first kappa shape index (κ1) is 27.7. The van der Waals surface area contributed by atoms with Crippen LogP contribution >= 0.6 is 11.3 Å². The van der Waals surface area contributed by atoms with E-state index >= 15 is 0 Å². The molecule has 0 saturated carbocycles. The van der Waals surface area contributed by atoms with E-state index in [4.69, 9.17) is 14.2 Å². The van der Waals surface area contributed by atoms with Gasteiger partial charge in [0.05, 0.1) is 41.0 Å². The molecule has 3 rings (SSSR count). The predicted molar refractivity (Wildman–Crippen MR) is 136 cm³/mol. The molecule has 0 aliphatic carbocycles. The number of benzene rings is 2. The largest absolute Gasteiger partial charge is 0.465 e. The average Bonchev–Trinajstić information content (AvgIpc) is 3.24. The Morgan fingerprint density at radius 3 is 2.14 bits per heavy atom. The summed E-state index contributed by atoms with van der Waals surface area (Å²) >= 11 is 1.28. The number of aromatic nitrogens is 1. The van der Waals surface area contributed by atoms with Crippen LogP contribution in [0.5, 0.6) is 0 Å². The van der Waals surface area contributed by atoms with Crippen molar-refractivity contribution in [3.63, 3.8) is 0 Å². The van der Waals surface area contributed by atoms with E-state index < -0.39 is 21.9 Å². The number of hydrogen-bond donors (Lipinski definition) is 0. The fraction of sp³-hybridized carbons (Fsp3) is 0.375. The van der Waals surface area contributed by atoms with Crippen molar-refractivity contribution in [3.05, 3.63) is 58.4 Å². The van der Waals surface area contributed by atoms with Crippen LogP contribution in [0.4, 0.5) is 0 Å². The van der Waals surface area contributed by atoms with Crippen LogP contribution in [0.15, 0.2) is 52.4 Å². The zero-order valence-corrected chi connectivity index (χ0v) is 22.2. The zero-order valence-electron chi connectivity index (χ0n) is 20.6. The van der Waals surface area contributed by atoms with E-state index in [0.717, 1.165) is 10.2 Å². The van der Waals surface area contributed by atoms with Gasteiger partial charge in [-0.1, -0.05) is 11.3 Å². The van der Waals surface area contributed by atoms with E-state index in [1.54, 1.807) is 18.2 Å². The van der Waals surface area contributed by atoms with E-state index in [2.05, 4.69) is 4.99 Å². The number of carbonyl (C=O) groups is 2. The van der Waals surface area contributed by atoms with Gasteiger partial charge in [0.25, 0.3) is 5.91 Å². The van der Waals surface area contributed by atoms with Gasteiger partial charge in [0.15, 0.2) is 4.80 Å². The van der Waals surface area contributed by atoms with E-state index in [-0.39, 0.29) is 36.8 Å². The predicted octanol–water partition coefficient (Wildman–Crippen LogP) is 2.53. The van der Waals surface area contributed by atoms with Gasteiger partial charge in [0, 0.05) is 39.4 Å². The van der Waals surface area contributed by atoms with E-state index in [1.165, 1.54) is 61.2 Å². The van der Waals surface area contributed by atoms with E-state index in [0.29, 0.717) is 16.9 Å². The normalized spacial score (nSPS) is 12.4. The SMILES string of the molecule is CCn1c(=NC(=O)c2ccc(S(=O)(=O)N(CCOC)CCOC)cc2)sc2cc(C(=O)OC)ccc21. The van der Waals surface area contributed by atoms with Crippen LogP contribution < -0.4 is 4.80 Å². The van der Waals surface area contributed by atoms with Crippen LogP contribution in [-0.2, 0) is 30.8 Å². The van der Waals surface area contributed by atoms with Gasteiger partial charge >= 0.3 is 5.97 Å². The van der Waals surface area contributed by atoms with Gasteiger partial charge in [-0.15, -0.1) is 0 Å². The van der Waals surface area contributed by atoms with Crippen molar-refractivity contribution < 1.29 is 32.2 Å². The first-order chi connectivity index (χ1) is 17.3. The van der Waals surface area contributed by atoms with Crippen LogP contribution in [0.25, 0.3) is 10.2 Å². The Morgan fingerprint density at radius 2 is 1.58 bits per heavy atom. The number of sulfonamides is 1. The lowest BCUT2D eigenvalue weighted by Gasteiger charge is -2.21. The summed E-state index contributed by atoms with van der Waals surface area (Å²) in [6.45, 7) is 3.35. The number of thiazole rings is 1. The summed E-state index contributed by atoms with van der Waals surface area (Å²) in [4.78, 5) is 29.6. The van der Waals surface area contributed by atoms with Crippen LogP contribution in [0, 0.1) is 0 Å². The summed E-state index contributed by atoms with van der Waals surface area (Å²) < 4.78 is 44.9. The molecule has 0 unspecified atom stereocenters. The third-order valence-corrected chi connectivity index (χ3v) is 8.40. The molecule has 194 valence electrons. The Hall–Kier alpha value is -2.90. The number of methoxy groups -OCH3 is 3. The second kappa shape index (κ2) is 12.4. The number of aryl methyl sites for hydroxylation is 1. The van der Waals surface area contributed by atoms with Crippen molar-refractivity contribution in [1.29, 1.82) is 0 Å². The number of hydrogen-bond acceptors (Lipinski definition) is 8. The molecule has 0 aliphatic rings. The fourth-order valence-electron chi connectivity index (χ4n) is 3.52. The molecule has 0 fully saturated rings. The van der Waals surface area contributed by atoms with Crippen molar-refractivity contribution >= 4 is 43.5 Å². The van der Waals surface area contributed by atoms with Crippen molar-refractivity contribution in [2.45, 2.75) is 18.4 Å². The third-order valence-electron chi connectivity index (χ3n) is 5.45. The number of carbonyl (C=O) groups excluding carboxylic acids is 2. The third kappa shape index (κ3) is 6.08. The summed E-state index contributed by atoms with van der Waals surface area (Å²) in [7, 11) is 0.526. The zero-order chi connectivity index (χ0) is 26.3. The Bertz CT molecular complexity index is 1390. The molecule has 1 heterocycles. The second-order valence-electron chi connectivity index (χ2n) is 7.63. The molecule has 0 N–H and O–H groups in total. The minimum absolute atomic E-state index is 0.0621. The van der Waals surface area contributed by atoms with Crippen LogP contribution in [0.2, 0.25) is 0 Å². The topological polar surface area (TPSA) is 117 Å². The van der Waals surface area contributed by atoms with E-state index in [1.807, 2.05) is 11.5 Å². The molecule has 0 bridgehead atoms. The average molecular weight is 536 g/mol. The molecule has 3 aromatic rings. The van der Waals surface area contributed by atoms with Gasteiger partial charge in [-0.2, -0.15) is 9.30 Å². The van der Waals surface area contributed by atoms with Crippen LogP contribution in [0.1, 0.15) is 27.6 Å². The van der Waals surface area contributed by atoms with Gasteiger partial charge in [-0.05, 0) is 49.4 Å². The number of nitrogens with zero attached hydrogens (tertiary/aromatic N) is 3. The molecule has 1 amide bonds. The van der Waals surface area contributed by atoms with Gasteiger partial charge < -0.3 is 18.8 Å². The highest BCUT2D eigenvalue weighted by Gasteiger charge is 2.24. The molecule has 0 saturated heterocycles. The number of ether oxygens (including phenoxy) is 3. The van der Waals surface area contributed by atoms with Gasteiger partial charge in [0.1, 0.15) is 0 Å². The maximum absolute atomic E-state index is 13.1. The maximum Gasteiger partial charge on any atom is 0.337 e. The number of rotatable bonds is 11. The van der Waals surface area contributed by atoms with Gasteiger partial charge in [0.2, 0.25) is 10.0 Å². The quantitative estimate of drug-likeness (QED) is 0.347. The molecule has 0 radical (unpaired) electrons. The lowest BCUT2D eigenvalue weighted by atomic mass is 10.2. The highest BCUT2D eigenvalue weighted by molar-refractivity contribution is 7.89. The highest BCUT2D eigenvalue weighted by Crippen LogP contribution is 2.21. The van der Waals surface area contributed by atoms with Crippen molar-refractivity contribution in [3.8, 4) is 0 Å². The smallest absolute Gasteiger partial charge is 0.337 e. The molecule has 10 nitrogen and oxygen atoms in total. The molecular formula is C24H29N3O7S2. The number of fused-ring (bicyclic) bond motifs is 1. The molecule has 36 heavy (non-hydrogen) atoms. The van der Waals surface area contributed by atoms with Gasteiger partial charge in [-0.3, -0.25) is 4.79 Å². The first-order valence-electron chi connectivity index (χ1n) is 11.2. The minimum Gasteiger partial charge on any atom is -0.465 e. The molecule has 0 atom stereocenters. The molecule has 1 aromatic heterocycles. The molecule has 2 aromatic carbocycles. The lowest BCUT2D eigenvalue weighted by Crippen LogP contribution is -2.36.